The number of aromatic amines is 1. The molecule has 0 aliphatic carbocycles. The minimum Gasteiger partial charge on any atom is -0.306 e. The van der Waals surface area contributed by atoms with Gasteiger partial charge in [0, 0.05) is 24.2 Å². The zero-order valence-electron chi connectivity index (χ0n) is 13.0. The summed E-state index contributed by atoms with van der Waals surface area (Å²) >= 11 is 0. The first kappa shape index (κ1) is 14.5. The maximum absolute atomic E-state index is 12.0. The molecule has 0 bridgehead atoms. The van der Waals surface area contributed by atoms with Crippen molar-refractivity contribution in [3.05, 3.63) is 33.5 Å². The van der Waals surface area contributed by atoms with Crippen molar-refractivity contribution in [2.45, 2.75) is 46.5 Å². The third kappa shape index (κ3) is 2.53. The smallest absolute Gasteiger partial charge is 0.254 e. The largest absolute Gasteiger partial charge is 0.306 e. The first-order valence-electron chi connectivity index (χ1n) is 6.88. The molecule has 0 aromatic carbocycles. The number of aromatic nitrogens is 4. The summed E-state index contributed by atoms with van der Waals surface area (Å²) < 4.78 is 1.77. The van der Waals surface area contributed by atoms with Gasteiger partial charge in [-0.05, 0) is 13.3 Å². The summed E-state index contributed by atoms with van der Waals surface area (Å²) in [6.07, 6.45) is 2.65. The van der Waals surface area contributed by atoms with E-state index in [9.17, 15) is 4.79 Å². The van der Waals surface area contributed by atoms with Gasteiger partial charge in [-0.2, -0.15) is 5.10 Å². The van der Waals surface area contributed by atoms with Crippen LogP contribution in [0.25, 0.3) is 11.4 Å². The van der Waals surface area contributed by atoms with E-state index < -0.39 is 0 Å². The number of H-pyrrole nitrogens is 1. The minimum absolute atomic E-state index is 0.0736. The van der Waals surface area contributed by atoms with Gasteiger partial charge in [-0.25, -0.2) is 4.98 Å². The van der Waals surface area contributed by atoms with Gasteiger partial charge in [0.25, 0.3) is 5.56 Å². The molecule has 0 atom stereocenters. The molecule has 5 heteroatoms. The van der Waals surface area contributed by atoms with Crippen LogP contribution in [-0.2, 0) is 18.9 Å². The maximum atomic E-state index is 12.0. The van der Waals surface area contributed by atoms with Crippen LogP contribution in [0.15, 0.2) is 11.0 Å². The average molecular weight is 274 g/mol. The normalized spacial score (nSPS) is 11.9. The number of hydrogen-bond acceptors (Lipinski definition) is 3. The van der Waals surface area contributed by atoms with Crippen molar-refractivity contribution in [3.63, 3.8) is 0 Å². The molecule has 20 heavy (non-hydrogen) atoms. The molecule has 5 nitrogen and oxygen atoms in total. The van der Waals surface area contributed by atoms with Crippen molar-refractivity contribution in [2.75, 3.05) is 0 Å². The molecule has 0 aliphatic heterocycles. The second-order valence-corrected chi connectivity index (χ2v) is 6.15. The zero-order chi connectivity index (χ0) is 15.1. The minimum atomic E-state index is -0.105. The Morgan fingerprint density at radius 2 is 2.00 bits per heavy atom. The van der Waals surface area contributed by atoms with E-state index in [0.717, 1.165) is 23.4 Å². The highest BCUT2D eigenvalue weighted by atomic mass is 16.1. The van der Waals surface area contributed by atoms with Crippen LogP contribution in [0.1, 0.15) is 44.6 Å². The Kier molecular flexibility index (Phi) is 3.54. The molecule has 2 aromatic heterocycles. The predicted octanol–water partition coefficient (Wildman–Crippen LogP) is 2.34. The Bertz CT molecular complexity index is 689. The molecule has 1 N–H and O–H groups in total. The van der Waals surface area contributed by atoms with Gasteiger partial charge >= 0.3 is 0 Å². The first-order chi connectivity index (χ1) is 9.24. The quantitative estimate of drug-likeness (QED) is 0.914. The average Bonchev–Trinajstić information content (AvgIpc) is 2.74. The Hall–Kier alpha value is -1.91. The monoisotopic (exact) mass is 274 g/mol. The third-order valence-corrected chi connectivity index (χ3v) is 3.38. The summed E-state index contributed by atoms with van der Waals surface area (Å²) in [5, 5.41) is 4.52. The van der Waals surface area contributed by atoms with Crippen LogP contribution in [0.4, 0.5) is 0 Å². The van der Waals surface area contributed by atoms with E-state index in [-0.39, 0.29) is 11.0 Å². The fourth-order valence-electron chi connectivity index (χ4n) is 2.27. The molecule has 0 spiro atoms. The second kappa shape index (κ2) is 4.89. The van der Waals surface area contributed by atoms with Gasteiger partial charge in [-0.15, -0.1) is 0 Å². The van der Waals surface area contributed by atoms with Gasteiger partial charge in [0.15, 0.2) is 0 Å². The Balaban J connectivity index is 2.69. The Morgan fingerprint density at radius 1 is 1.35 bits per heavy atom. The van der Waals surface area contributed by atoms with E-state index in [2.05, 4.69) is 35.8 Å². The summed E-state index contributed by atoms with van der Waals surface area (Å²) in [5.41, 5.74) is 3.19. The van der Waals surface area contributed by atoms with Crippen molar-refractivity contribution >= 4 is 0 Å². The van der Waals surface area contributed by atoms with Gasteiger partial charge in [0.05, 0.1) is 17.0 Å². The van der Waals surface area contributed by atoms with Crippen LogP contribution in [0.2, 0.25) is 0 Å². The van der Waals surface area contributed by atoms with Gasteiger partial charge in [-0.1, -0.05) is 27.7 Å². The lowest BCUT2D eigenvalue weighted by atomic mass is 9.89. The molecule has 0 saturated carbocycles. The fraction of sp³-hybridized carbons (Fsp3) is 0.533. The maximum Gasteiger partial charge on any atom is 0.254 e. The van der Waals surface area contributed by atoms with Crippen molar-refractivity contribution in [3.8, 4) is 11.4 Å². The molecule has 0 fully saturated rings. The SMILES string of the molecule is CCc1nc(-c2cn(C)nc2C(C)(C)C)[nH]c(=O)c1C. The Labute approximate surface area is 119 Å². The number of rotatable bonds is 2. The topological polar surface area (TPSA) is 63.6 Å². The highest BCUT2D eigenvalue weighted by Gasteiger charge is 2.24. The Morgan fingerprint density at radius 3 is 2.55 bits per heavy atom. The number of aryl methyl sites for hydroxylation is 2. The summed E-state index contributed by atoms with van der Waals surface area (Å²) in [5.74, 6) is 0.607. The highest BCUT2D eigenvalue weighted by Crippen LogP contribution is 2.29. The summed E-state index contributed by atoms with van der Waals surface area (Å²) in [6.45, 7) is 10.1. The number of nitrogens with zero attached hydrogens (tertiary/aromatic N) is 3. The van der Waals surface area contributed by atoms with Crippen molar-refractivity contribution in [1.82, 2.24) is 19.7 Å². The molecule has 0 aliphatic rings. The summed E-state index contributed by atoms with van der Waals surface area (Å²) in [7, 11) is 1.88. The molecule has 0 amide bonds. The van der Waals surface area contributed by atoms with Gasteiger partial charge in [-0.3, -0.25) is 9.48 Å². The van der Waals surface area contributed by atoms with Crippen LogP contribution < -0.4 is 5.56 Å². The van der Waals surface area contributed by atoms with Crippen molar-refractivity contribution in [1.29, 1.82) is 0 Å². The fourth-order valence-corrected chi connectivity index (χ4v) is 2.27. The lowest BCUT2D eigenvalue weighted by Crippen LogP contribution is -2.18. The lowest BCUT2D eigenvalue weighted by molar-refractivity contribution is 0.554. The van der Waals surface area contributed by atoms with Crippen molar-refractivity contribution in [2.24, 2.45) is 7.05 Å². The van der Waals surface area contributed by atoms with Crippen LogP contribution in [0.3, 0.4) is 0 Å². The van der Waals surface area contributed by atoms with E-state index in [1.165, 1.54) is 0 Å². The van der Waals surface area contributed by atoms with Crippen LogP contribution in [0, 0.1) is 6.92 Å². The molecule has 0 unspecified atom stereocenters. The highest BCUT2D eigenvalue weighted by molar-refractivity contribution is 5.59. The number of hydrogen-bond donors (Lipinski definition) is 1. The van der Waals surface area contributed by atoms with Gasteiger partial charge in [0.2, 0.25) is 0 Å². The zero-order valence-corrected chi connectivity index (χ0v) is 13.0. The van der Waals surface area contributed by atoms with Crippen LogP contribution in [-0.4, -0.2) is 19.7 Å². The van der Waals surface area contributed by atoms with Gasteiger partial charge < -0.3 is 4.98 Å². The number of nitrogens with one attached hydrogen (secondary N) is 1. The standard InChI is InChI=1S/C15H22N4O/c1-7-11-9(2)14(20)17-13(16-11)10-8-19(6)18-12(10)15(3,4)5/h8H,7H2,1-6H3,(H,16,17,20). The van der Waals surface area contributed by atoms with E-state index in [1.807, 2.05) is 27.1 Å². The molecule has 2 aromatic rings. The molecular formula is C15H22N4O. The van der Waals surface area contributed by atoms with E-state index in [1.54, 1.807) is 4.68 Å². The molecule has 108 valence electrons. The summed E-state index contributed by atoms with van der Waals surface area (Å²) in [4.78, 5) is 19.5. The first-order valence-corrected chi connectivity index (χ1v) is 6.88. The molecule has 2 heterocycles. The van der Waals surface area contributed by atoms with Crippen LogP contribution in [0.5, 0.6) is 0 Å². The third-order valence-electron chi connectivity index (χ3n) is 3.38. The van der Waals surface area contributed by atoms with Crippen LogP contribution >= 0.6 is 0 Å². The molecule has 0 saturated heterocycles. The predicted molar refractivity (Wildman–Crippen MR) is 79.9 cm³/mol. The summed E-state index contributed by atoms with van der Waals surface area (Å²) in [6, 6.07) is 0. The lowest BCUT2D eigenvalue weighted by Gasteiger charge is -2.17. The molecule has 2 rings (SSSR count). The van der Waals surface area contributed by atoms with Crippen molar-refractivity contribution < 1.29 is 0 Å². The van der Waals surface area contributed by atoms with Gasteiger partial charge in [0.1, 0.15) is 5.82 Å². The van der Waals surface area contributed by atoms with E-state index in [4.69, 9.17) is 0 Å². The van der Waals surface area contributed by atoms with E-state index in [0.29, 0.717) is 11.4 Å². The van der Waals surface area contributed by atoms with E-state index >= 15 is 0 Å². The molecule has 0 radical (unpaired) electrons. The second-order valence-electron chi connectivity index (χ2n) is 6.15. The molecular weight excluding hydrogens is 252 g/mol.